The molecule has 0 amide bonds. The molecule has 0 N–H and O–H groups in total. The summed E-state index contributed by atoms with van der Waals surface area (Å²) < 4.78 is 8.69. The maximum atomic E-state index is 11.7. The number of hydrogen-bond donors (Lipinski definition) is 0. The second-order valence-corrected chi connectivity index (χ2v) is 4.35. The van der Waals surface area contributed by atoms with Gasteiger partial charge in [-0.15, -0.1) is 0 Å². The van der Waals surface area contributed by atoms with E-state index in [2.05, 4.69) is 21.5 Å². The zero-order valence-electron chi connectivity index (χ0n) is 11.5. The number of hydrogen-bond acceptors (Lipinski definition) is 4. The fourth-order valence-corrected chi connectivity index (χ4v) is 2.02. The van der Waals surface area contributed by atoms with E-state index >= 15 is 0 Å². The average molecular weight is 262 g/mol. The van der Waals surface area contributed by atoms with Gasteiger partial charge in [0.15, 0.2) is 0 Å². The van der Waals surface area contributed by atoms with Gasteiger partial charge in [-0.1, -0.05) is 6.92 Å². The van der Waals surface area contributed by atoms with Crippen molar-refractivity contribution >= 4 is 5.97 Å². The smallest absolute Gasteiger partial charge is 0.356 e. The Hall–Kier alpha value is -2.11. The van der Waals surface area contributed by atoms with Crippen LogP contribution in [0.25, 0.3) is 0 Å². The fourth-order valence-electron chi connectivity index (χ4n) is 2.02. The monoisotopic (exact) mass is 262 g/mol. The first-order valence-corrected chi connectivity index (χ1v) is 6.26. The van der Waals surface area contributed by atoms with Gasteiger partial charge in [0.25, 0.3) is 0 Å². The van der Waals surface area contributed by atoms with Crippen molar-refractivity contribution in [1.82, 2.24) is 19.1 Å². The number of carbonyl (C=O) groups excluding carboxylic acids is 1. The minimum atomic E-state index is -0.373. The zero-order chi connectivity index (χ0) is 13.8. The van der Waals surface area contributed by atoms with Crippen LogP contribution in [0.2, 0.25) is 0 Å². The Morgan fingerprint density at radius 2 is 2.21 bits per heavy atom. The molecule has 0 aliphatic heterocycles. The van der Waals surface area contributed by atoms with Crippen molar-refractivity contribution in [2.24, 2.45) is 0 Å². The molecular weight excluding hydrogens is 244 g/mol. The Kier molecular flexibility index (Phi) is 3.99. The highest BCUT2D eigenvalue weighted by molar-refractivity contribution is 5.87. The van der Waals surface area contributed by atoms with E-state index in [0.717, 1.165) is 24.5 Å². The molecule has 0 saturated carbocycles. The third-order valence-corrected chi connectivity index (χ3v) is 3.03. The van der Waals surface area contributed by atoms with Crippen LogP contribution >= 0.6 is 0 Å². The fraction of sp³-hybridized carbons (Fsp3) is 0.462. The summed E-state index contributed by atoms with van der Waals surface area (Å²) >= 11 is 0. The van der Waals surface area contributed by atoms with E-state index in [4.69, 9.17) is 4.74 Å². The van der Waals surface area contributed by atoms with Crippen molar-refractivity contribution in [3.8, 4) is 0 Å². The van der Waals surface area contributed by atoms with Gasteiger partial charge in [0, 0.05) is 12.7 Å². The van der Waals surface area contributed by atoms with E-state index in [9.17, 15) is 4.79 Å². The molecule has 0 aliphatic rings. The summed E-state index contributed by atoms with van der Waals surface area (Å²) in [5, 5.41) is 0. The van der Waals surface area contributed by atoms with E-state index in [0.29, 0.717) is 12.2 Å². The van der Waals surface area contributed by atoms with Crippen LogP contribution in [-0.4, -0.2) is 32.2 Å². The van der Waals surface area contributed by atoms with Crippen LogP contribution in [0.3, 0.4) is 0 Å². The summed E-state index contributed by atoms with van der Waals surface area (Å²) in [7, 11) is 1.37. The first-order chi connectivity index (χ1) is 9.17. The van der Waals surface area contributed by atoms with E-state index in [1.807, 2.05) is 24.0 Å². The number of nitrogens with zero attached hydrogens (tertiary/aromatic N) is 4. The van der Waals surface area contributed by atoms with Crippen LogP contribution in [0.4, 0.5) is 0 Å². The first-order valence-electron chi connectivity index (χ1n) is 6.26. The standard InChI is InChI=1S/C13H18N4O2/c1-4-5-16-9-14-6-11(16)8-17-10(2)15-7-12(17)13(18)19-3/h6-7,9H,4-5,8H2,1-3H3. The molecule has 0 aliphatic carbocycles. The van der Waals surface area contributed by atoms with Gasteiger partial charge in [-0.2, -0.15) is 0 Å². The third-order valence-electron chi connectivity index (χ3n) is 3.03. The molecule has 102 valence electrons. The van der Waals surface area contributed by atoms with Crippen LogP contribution in [0.5, 0.6) is 0 Å². The molecule has 2 heterocycles. The van der Waals surface area contributed by atoms with E-state index < -0.39 is 0 Å². The lowest BCUT2D eigenvalue weighted by Crippen LogP contribution is -2.14. The van der Waals surface area contributed by atoms with Crippen molar-refractivity contribution in [1.29, 1.82) is 0 Å². The van der Waals surface area contributed by atoms with Crippen molar-refractivity contribution < 1.29 is 9.53 Å². The number of rotatable bonds is 5. The number of aromatic nitrogens is 4. The van der Waals surface area contributed by atoms with Gasteiger partial charge < -0.3 is 13.9 Å². The van der Waals surface area contributed by atoms with Gasteiger partial charge in [0.2, 0.25) is 0 Å². The lowest BCUT2D eigenvalue weighted by Gasteiger charge is -2.11. The Labute approximate surface area is 112 Å². The van der Waals surface area contributed by atoms with Crippen LogP contribution in [0.15, 0.2) is 18.7 Å². The predicted molar refractivity (Wildman–Crippen MR) is 69.9 cm³/mol. The largest absolute Gasteiger partial charge is 0.464 e. The van der Waals surface area contributed by atoms with Crippen molar-refractivity contribution in [2.45, 2.75) is 33.4 Å². The lowest BCUT2D eigenvalue weighted by molar-refractivity contribution is 0.0588. The lowest BCUT2D eigenvalue weighted by atomic mass is 10.3. The number of esters is 1. The summed E-state index contributed by atoms with van der Waals surface area (Å²) in [6, 6.07) is 0. The van der Waals surface area contributed by atoms with Gasteiger partial charge >= 0.3 is 5.97 Å². The minimum Gasteiger partial charge on any atom is -0.464 e. The number of ether oxygens (including phenoxy) is 1. The van der Waals surface area contributed by atoms with Gasteiger partial charge in [0.1, 0.15) is 11.5 Å². The van der Waals surface area contributed by atoms with Crippen molar-refractivity contribution in [3.63, 3.8) is 0 Å². The average Bonchev–Trinajstić information content (AvgIpc) is 2.98. The second kappa shape index (κ2) is 5.69. The molecule has 0 unspecified atom stereocenters. The SMILES string of the molecule is CCCn1cncc1Cn1c(C(=O)OC)cnc1C. The van der Waals surface area contributed by atoms with Crippen molar-refractivity contribution in [3.05, 3.63) is 35.9 Å². The Morgan fingerprint density at radius 3 is 2.89 bits per heavy atom. The molecule has 0 aromatic carbocycles. The van der Waals surface area contributed by atoms with E-state index in [1.54, 1.807) is 6.20 Å². The third kappa shape index (κ3) is 2.67. The highest BCUT2D eigenvalue weighted by Crippen LogP contribution is 2.11. The summed E-state index contributed by atoms with van der Waals surface area (Å²) in [6.45, 7) is 5.46. The maximum absolute atomic E-state index is 11.7. The second-order valence-electron chi connectivity index (χ2n) is 4.35. The topological polar surface area (TPSA) is 61.9 Å². The van der Waals surface area contributed by atoms with Crippen LogP contribution in [0, 0.1) is 6.92 Å². The van der Waals surface area contributed by atoms with E-state index in [-0.39, 0.29) is 5.97 Å². The normalized spacial score (nSPS) is 10.7. The molecule has 0 radical (unpaired) electrons. The molecule has 6 nitrogen and oxygen atoms in total. The molecule has 0 saturated heterocycles. The van der Waals surface area contributed by atoms with Gasteiger partial charge in [-0.25, -0.2) is 14.8 Å². The Balaban J connectivity index is 2.30. The molecule has 0 atom stereocenters. The molecule has 0 spiro atoms. The van der Waals surface area contributed by atoms with Crippen LogP contribution in [0.1, 0.15) is 35.4 Å². The summed E-state index contributed by atoms with van der Waals surface area (Å²) in [6.07, 6.45) is 6.21. The molecule has 2 rings (SSSR count). The van der Waals surface area contributed by atoms with E-state index in [1.165, 1.54) is 7.11 Å². The van der Waals surface area contributed by atoms with Gasteiger partial charge in [0.05, 0.1) is 31.9 Å². The van der Waals surface area contributed by atoms with Crippen LogP contribution < -0.4 is 0 Å². The maximum Gasteiger partial charge on any atom is 0.356 e. The highest BCUT2D eigenvalue weighted by atomic mass is 16.5. The summed E-state index contributed by atoms with van der Waals surface area (Å²) in [4.78, 5) is 20.0. The van der Waals surface area contributed by atoms with Crippen molar-refractivity contribution in [2.75, 3.05) is 7.11 Å². The number of methoxy groups -OCH3 is 1. The molecule has 0 fully saturated rings. The first kappa shape index (κ1) is 13.3. The quantitative estimate of drug-likeness (QED) is 0.768. The molecule has 2 aromatic heterocycles. The molecule has 2 aromatic rings. The molecular formula is C13H18N4O2. The number of imidazole rings is 2. The molecule has 19 heavy (non-hydrogen) atoms. The number of aryl methyl sites for hydroxylation is 2. The predicted octanol–water partition coefficient (Wildman–Crippen LogP) is 1.63. The molecule has 0 bridgehead atoms. The van der Waals surface area contributed by atoms with Gasteiger partial charge in [-0.3, -0.25) is 0 Å². The van der Waals surface area contributed by atoms with Crippen LogP contribution in [-0.2, 0) is 17.8 Å². The summed E-state index contributed by atoms with van der Waals surface area (Å²) in [5.74, 6) is 0.409. The van der Waals surface area contributed by atoms with Gasteiger partial charge in [-0.05, 0) is 13.3 Å². The Bertz CT molecular complexity index is 571. The molecule has 6 heteroatoms. The Morgan fingerprint density at radius 1 is 1.42 bits per heavy atom. The zero-order valence-corrected chi connectivity index (χ0v) is 11.5. The number of carbonyl (C=O) groups is 1. The summed E-state index contributed by atoms with van der Waals surface area (Å²) in [5.41, 5.74) is 1.51. The highest BCUT2D eigenvalue weighted by Gasteiger charge is 2.16. The minimum absolute atomic E-state index is 0.373.